The zero-order chi connectivity index (χ0) is 11.6. The summed E-state index contributed by atoms with van der Waals surface area (Å²) in [6, 6.07) is 0. The van der Waals surface area contributed by atoms with Crippen molar-refractivity contribution >= 4 is 17.0 Å². The predicted molar refractivity (Wildman–Crippen MR) is 58.0 cm³/mol. The predicted octanol–water partition coefficient (Wildman–Crippen LogP) is 0.0747. The van der Waals surface area contributed by atoms with E-state index in [1.165, 1.54) is 0 Å². The fourth-order valence-corrected chi connectivity index (χ4v) is 1.02. The Labute approximate surface area is 87.5 Å². The van der Waals surface area contributed by atoms with E-state index < -0.39 is 11.1 Å². The molecule has 1 unspecified atom stereocenters. The number of nitrogens with two attached hydrogens (primary N) is 2. The fourth-order valence-electron chi connectivity index (χ4n) is 0.609. The van der Waals surface area contributed by atoms with Crippen LogP contribution in [0.2, 0.25) is 0 Å². The van der Waals surface area contributed by atoms with Crippen molar-refractivity contribution in [3.63, 3.8) is 0 Å². The third-order valence-corrected chi connectivity index (χ3v) is 1.77. The molecule has 6 heteroatoms. The van der Waals surface area contributed by atoms with Gasteiger partial charge in [0, 0.05) is 6.42 Å². The zero-order valence-corrected chi connectivity index (χ0v) is 9.55. The van der Waals surface area contributed by atoms with Gasteiger partial charge in [-0.05, 0) is 18.9 Å². The Morgan fingerprint density at radius 1 is 1.50 bits per heavy atom. The van der Waals surface area contributed by atoms with Gasteiger partial charge in [0.05, 0.1) is 5.75 Å². The Balaban J connectivity index is 0. The normalized spacial score (nSPS) is 11.8. The van der Waals surface area contributed by atoms with E-state index in [1.54, 1.807) is 0 Å². The quantitative estimate of drug-likeness (QED) is 0.575. The van der Waals surface area contributed by atoms with Gasteiger partial charge in [-0.3, -0.25) is 4.79 Å². The van der Waals surface area contributed by atoms with Crippen molar-refractivity contribution < 1.29 is 13.6 Å². The number of hydrogen-bond acceptors (Lipinski definition) is 3. The highest BCUT2D eigenvalue weighted by atomic mass is 32.2. The molecule has 0 bridgehead atoms. The summed E-state index contributed by atoms with van der Waals surface area (Å²) in [6.07, 6.45) is 1.13. The zero-order valence-electron chi connectivity index (χ0n) is 8.73. The summed E-state index contributed by atoms with van der Waals surface area (Å²) in [5.41, 5.74) is 9.89. The standard InChI is InChI=1S/C5H11NO.C3H9NO2S/c1-4(2)3-5(6)7;4-2-1-3-7(5)6/h4H,3H2,1-2H3,(H2,6,7);1-4H2,(H,5,6). The Kier molecular flexibility index (Phi) is 12.1. The molecule has 0 aliphatic rings. The van der Waals surface area contributed by atoms with E-state index in [0.29, 0.717) is 31.1 Å². The number of amides is 1. The van der Waals surface area contributed by atoms with Crippen LogP contribution in [0.3, 0.4) is 0 Å². The van der Waals surface area contributed by atoms with Gasteiger partial charge in [-0.25, -0.2) is 4.21 Å². The van der Waals surface area contributed by atoms with Gasteiger partial charge >= 0.3 is 0 Å². The third-order valence-electron chi connectivity index (χ3n) is 1.13. The molecule has 0 saturated carbocycles. The highest BCUT2D eigenvalue weighted by Gasteiger charge is 1.96. The van der Waals surface area contributed by atoms with Gasteiger partial charge in [0.1, 0.15) is 0 Å². The van der Waals surface area contributed by atoms with Crippen molar-refractivity contribution in [3.8, 4) is 0 Å². The van der Waals surface area contributed by atoms with Crippen molar-refractivity contribution in [3.05, 3.63) is 0 Å². The molecule has 0 aromatic heterocycles. The molecule has 0 rings (SSSR count). The summed E-state index contributed by atoms with van der Waals surface area (Å²) in [7, 11) is 0. The van der Waals surface area contributed by atoms with Crippen molar-refractivity contribution in [2.24, 2.45) is 17.4 Å². The molecule has 14 heavy (non-hydrogen) atoms. The van der Waals surface area contributed by atoms with Crippen LogP contribution in [-0.4, -0.2) is 27.0 Å². The van der Waals surface area contributed by atoms with Crippen molar-refractivity contribution in [1.29, 1.82) is 0 Å². The van der Waals surface area contributed by atoms with E-state index in [9.17, 15) is 9.00 Å². The van der Waals surface area contributed by atoms with Crippen LogP contribution in [0, 0.1) is 5.92 Å². The molecule has 1 atom stereocenters. The minimum absolute atomic E-state index is 0.213. The summed E-state index contributed by atoms with van der Waals surface area (Å²) >= 11 is -1.65. The van der Waals surface area contributed by atoms with Crippen LogP contribution in [0.1, 0.15) is 26.7 Å². The SMILES string of the molecule is CC(C)CC(N)=O.NCCCS(=O)O. The molecular weight excluding hydrogens is 204 g/mol. The smallest absolute Gasteiger partial charge is 0.217 e. The molecule has 0 aromatic carbocycles. The highest BCUT2D eigenvalue weighted by Crippen LogP contribution is 1.95. The van der Waals surface area contributed by atoms with Crippen LogP contribution in [0.5, 0.6) is 0 Å². The van der Waals surface area contributed by atoms with Crippen LogP contribution in [-0.2, 0) is 15.9 Å². The lowest BCUT2D eigenvalue weighted by atomic mass is 10.1. The van der Waals surface area contributed by atoms with Crippen LogP contribution in [0.4, 0.5) is 0 Å². The van der Waals surface area contributed by atoms with Crippen molar-refractivity contribution in [1.82, 2.24) is 0 Å². The Hall–Kier alpha value is -0.460. The first-order valence-electron chi connectivity index (χ1n) is 4.46. The van der Waals surface area contributed by atoms with E-state index >= 15 is 0 Å². The van der Waals surface area contributed by atoms with Crippen LogP contribution < -0.4 is 11.5 Å². The molecular formula is C8H20N2O3S. The molecule has 0 fully saturated rings. The van der Waals surface area contributed by atoms with Crippen LogP contribution >= 0.6 is 0 Å². The average molecular weight is 224 g/mol. The van der Waals surface area contributed by atoms with E-state index in [2.05, 4.69) is 0 Å². The molecule has 5 N–H and O–H groups in total. The Bertz CT molecular complexity index is 174. The first-order valence-corrected chi connectivity index (χ1v) is 5.73. The summed E-state index contributed by atoms with van der Waals surface area (Å²) in [5.74, 6) is 0.490. The maximum Gasteiger partial charge on any atom is 0.217 e. The molecule has 0 heterocycles. The Morgan fingerprint density at radius 2 is 2.00 bits per heavy atom. The highest BCUT2D eigenvalue weighted by molar-refractivity contribution is 7.79. The second-order valence-electron chi connectivity index (χ2n) is 3.23. The van der Waals surface area contributed by atoms with E-state index in [0.717, 1.165) is 0 Å². The molecule has 0 aliphatic carbocycles. The summed E-state index contributed by atoms with van der Waals surface area (Å²) in [5, 5.41) is 0. The first kappa shape index (κ1) is 16.0. The summed E-state index contributed by atoms with van der Waals surface area (Å²) in [6.45, 7) is 4.42. The third kappa shape index (κ3) is 22.5. The van der Waals surface area contributed by atoms with Gasteiger partial charge in [0.15, 0.2) is 11.1 Å². The van der Waals surface area contributed by atoms with Crippen LogP contribution in [0.15, 0.2) is 0 Å². The minimum atomic E-state index is -1.65. The van der Waals surface area contributed by atoms with E-state index in [1.807, 2.05) is 13.8 Å². The lowest BCUT2D eigenvalue weighted by molar-refractivity contribution is -0.118. The number of primary amides is 1. The lowest BCUT2D eigenvalue weighted by Crippen LogP contribution is -2.12. The molecule has 0 saturated heterocycles. The molecule has 0 spiro atoms. The number of carbonyl (C=O) groups is 1. The topological polar surface area (TPSA) is 106 Å². The molecule has 0 aromatic rings. The van der Waals surface area contributed by atoms with E-state index in [-0.39, 0.29) is 5.91 Å². The molecule has 86 valence electrons. The maximum absolute atomic E-state index is 10.0. The van der Waals surface area contributed by atoms with Gasteiger partial charge in [-0.1, -0.05) is 13.8 Å². The van der Waals surface area contributed by atoms with Crippen LogP contribution in [0.25, 0.3) is 0 Å². The Morgan fingerprint density at radius 3 is 2.07 bits per heavy atom. The van der Waals surface area contributed by atoms with Gasteiger partial charge < -0.3 is 16.0 Å². The number of rotatable bonds is 5. The lowest BCUT2D eigenvalue weighted by Gasteiger charge is -1.95. The van der Waals surface area contributed by atoms with E-state index in [4.69, 9.17) is 16.0 Å². The van der Waals surface area contributed by atoms with Crippen molar-refractivity contribution in [2.45, 2.75) is 26.7 Å². The first-order chi connectivity index (χ1) is 6.40. The number of hydrogen-bond donors (Lipinski definition) is 3. The number of carbonyl (C=O) groups excluding carboxylic acids is 1. The van der Waals surface area contributed by atoms with Gasteiger partial charge in [0.2, 0.25) is 5.91 Å². The van der Waals surface area contributed by atoms with Gasteiger partial charge in [0.25, 0.3) is 0 Å². The monoisotopic (exact) mass is 224 g/mol. The maximum atomic E-state index is 10.0. The van der Waals surface area contributed by atoms with Gasteiger partial charge in [-0.15, -0.1) is 0 Å². The molecule has 1 amide bonds. The largest absolute Gasteiger partial charge is 0.370 e. The second-order valence-corrected chi connectivity index (χ2v) is 4.28. The second kappa shape index (κ2) is 10.6. The minimum Gasteiger partial charge on any atom is -0.370 e. The van der Waals surface area contributed by atoms with Crippen molar-refractivity contribution in [2.75, 3.05) is 12.3 Å². The molecule has 0 radical (unpaired) electrons. The van der Waals surface area contributed by atoms with Gasteiger partial charge in [-0.2, -0.15) is 0 Å². The average Bonchev–Trinajstić information content (AvgIpc) is 1.99. The summed E-state index contributed by atoms with van der Waals surface area (Å²) in [4.78, 5) is 10.0. The molecule has 0 aliphatic heterocycles. The fraction of sp³-hybridized carbons (Fsp3) is 0.875. The molecule has 5 nitrogen and oxygen atoms in total. The summed E-state index contributed by atoms with van der Waals surface area (Å²) < 4.78 is 17.9.